The molecule has 0 aromatic heterocycles. The van der Waals surface area contributed by atoms with Gasteiger partial charge in [0, 0.05) is 0 Å². The lowest BCUT2D eigenvalue weighted by Gasteiger charge is -2.05. The second-order valence-corrected chi connectivity index (χ2v) is 2.81. The third-order valence-electron chi connectivity index (χ3n) is 1.73. The number of carboxylic acid groups (broad SMARTS) is 1. The second kappa shape index (κ2) is 3.49. The molecule has 1 rings (SSSR count). The van der Waals surface area contributed by atoms with E-state index in [1.54, 1.807) is 0 Å². The smallest absolute Gasteiger partial charge is 0.346 e. The molecule has 0 amide bonds. The number of carbonyl (C=O) groups is 3. The third-order valence-corrected chi connectivity index (χ3v) is 1.73. The van der Waals surface area contributed by atoms with Crippen molar-refractivity contribution in [3.63, 3.8) is 0 Å². The van der Waals surface area contributed by atoms with E-state index in [9.17, 15) is 19.5 Å². The maximum absolute atomic E-state index is 11.0. The predicted octanol–water partition coefficient (Wildman–Crippen LogP) is -0.212. The number of esters is 1. The number of Topliss-reactive ketones (excluding diaryl/α,β-unsaturated/α-hetero) is 1. The molecular weight excluding hydrogens is 192 g/mol. The summed E-state index contributed by atoms with van der Waals surface area (Å²) in [5, 5.41) is 17.7. The molecule has 1 aliphatic heterocycles. The fourth-order valence-electron chi connectivity index (χ4n) is 1.13. The lowest BCUT2D eigenvalue weighted by atomic mass is 10.1. The minimum absolute atomic E-state index is 0.462. The number of aliphatic hydroxyl groups excluding tert-OH is 1. The Morgan fingerprint density at radius 1 is 1.50 bits per heavy atom. The first-order valence-corrected chi connectivity index (χ1v) is 3.80. The van der Waals surface area contributed by atoms with Gasteiger partial charge in [-0.15, -0.1) is 0 Å². The molecule has 0 bridgehead atoms. The molecule has 6 nitrogen and oxygen atoms in total. The van der Waals surface area contributed by atoms with E-state index in [0.717, 1.165) is 6.92 Å². The number of aliphatic carboxylic acids is 1. The Morgan fingerprint density at radius 2 is 2.07 bits per heavy atom. The minimum Gasteiger partial charge on any atom is -0.507 e. The number of carbonyl (C=O) groups excluding carboxylic acids is 2. The lowest BCUT2D eigenvalue weighted by Crippen LogP contribution is -2.16. The topological polar surface area (TPSA) is 101 Å². The van der Waals surface area contributed by atoms with Crippen molar-refractivity contribution in [1.29, 1.82) is 0 Å². The highest BCUT2D eigenvalue weighted by atomic mass is 16.6. The highest BCUT2D eigenvalue weighted by molar-refractivity contribution is 6.18. The zero-order chi connectivity index (χ0) is 10.9. The Balaban J connectivity index is 2.93. The molecule has 14 heavy (non-hydrogen) atoms. The van der Waals surface area contributed by atoms with E-state index < -0.39 is 41.6 Å². The summed E-state index contributed by atoms with van der Waals surface area (Å²) in [6, 6.07) is 0. The van der Waals surface area contributed by atoms with E-state index in [1.165, 1.54) is 0 Å². The number of aliphatic hydroxyl groups is 1. The lowest BCUT2D eigenvalue weighted by molar-refractivity contribution is -0.145. The summed E-state index contributed by atoms with van der Waals surface area (Å²) in [4.78, 5) is 32.1. The van der Waals surface area contributed by atoms with Gasteiger partial charge in [0.05, 0.1) is 6.42 Å². The summed E-state index contributed by atoms with van der Waals surface area (Å²) in [7, 11) is 0. The quantitative estimate of drug-likeness (QED) is 0.482. The van der Waals surface area contributed by atoms with Gasteiger partial charge in [-0.2, -0.15) is 0 Å². The first kappa shape index (κ1) is 10.2. The molecule has 0 aliphatic carbocycles. The van der Waals surface area contributed by atoms with Gasteiger partial charge in [0.25, 0.3) is 0 Å². The van der Waals surface area contributed by atoms with E-state index in [4.69, 9.17) is 5.11 Å². The van der Waals surface area contributed by atoms with Crippen LogP contribution in [-0.2, 0) is 19.1 Å². The van der Waals surface area contributed by atoms with Crippen LogP contribution in [0.25, 0.3) is 0 Å². The zero-order valence-electron chi connectivity index (χ0n) is 7.31. The van der Waals surface area contributed by atoms with Gasteiger partial charge in [-0.05, 0) is 6.92 Å². The number of rotatable bonds is 3. The molecule has 1 atom stereocenters. The fraction of sp³-hybridized carbons (Fsp3) is 0.375. The first-order chi connectivity index (χ1) is 6.43. The van der Waals surface area contributed by atoms with Crippen LogP contribution in [0, 0.1) is 0 Å². The van der Waals surface area contributed by atoms with Gasteiger partial charge < -0.3 is 14.9 Å². The Hall–Kier alpha value is -1.85. The van der Waals surface area contributed by atoms with Crippen molar-refractivity contribution in [2.75, 3.05) is 0 Å². The fourth-order valence-corrected chi connectivity index (χ4v) is 1.13. The molecule has 0 saturated carbocycles. The van der Waals surface area contributed by atoms with Crippen LogP contribution in [0.4, 0.5) is 0 Å². The van der Waals surface area contributed by atoms with Crippen molar-refractivity contribution in [3.8, 4) is 0 Å². The summed E-state index contributed by atoms with van der Waals surface area (Å²) < 4.78 is 4.49. The molecule has 0 saturated heterocycles. The van der Waals surface area contributed by atoms with Crippen molar-refractivity contribution in [1.82, 2.24) is 0 Å². The average molecular weight is 200 g/mol. The van der Waals surface area contributed by atoms with Crippen molar-refractivity contribution < 1.29 is 29.3 Å². The normalized spacial score (nSPS) is 20.9. The maximum Gasteiger partial charge on any atom is 0.346 e. The summed E-state index contributed by atoms with van der Waals surface area (Å²) in [6.45, 7) is 1.09. The molecule has 2 N–H and O–H groups in total. The summed E-state index contributed by atoms with van der Waals surface area (Å²) >= 11 is 0. The van der Waals surface area contributed by atoms with Gasteiger partial charge in [-0.3, -0.25) is 9.59 Å². The number of ketones is 1. The van der Waals surface area contributed by atoms with Crippen LogP contribution >= 0.6 is 0 Å². The maximum atomic E-state index is 11.0. The van der Waals surface area contributed by atoms with Gasteiger partial charge >= 0.3 is 11.9 Å². The van der Waals surface area contributed by atoms with Crippen molar-refractivity contribution in [3.05, 3.63) is 11.3 Å². The van der Waals surface area contributed by atoms with Crippen LogP contribution < -0.4 is 0 Å². The molecule has 0 aromatic carbocycles. The van der Waals surface area contributed by atoms with Crippen molar-refractivity contribution >= 4 is 17.7 Å². The van der Waals surface area contributed by atoms with Gasteiger partial charge in [0.2, 0.25) is 0 Å². The highest BCUT2D eigenvalue weighted by Crippen LogP contribution is 2.23. The second-order valence-electron chi connectivity index (χ2n) is 2.81. The molecule has 76 valence electrons. The molecule has 1 unspecified atom stereocenters. The summed E-state index contributed by atoms with van der Waals surface area (Å²) in [5.41, 5.74) is -0.462. The largest absolute Gasteiger partial charge is 0.507 e. The van der Waals surface area contributed by atoms with E-state index in [-0.39, 0.29) is 0 Å². The SMILES string of the molecule is CC(=O)C1=C(O)C(CC(=O)O)OC1=O. The first-order valence-electron chi connectivity index (χ1n) is 3.80. The Kier molecular flexibility index (Phi) is 2.55. The summed E-state index contributed by atoms with van der Waals surface area (Å²) in [5.74, 6) is -3.43. The predicted molar refractivity (Wildman–Crippen MR) is 42.5 cm³/mol. The van der Waals surface area contributed by atoms with Crippen LogP contribution in [0.2, 0.25) is 0 Å². The number of ether oxygens (including phenoxy) is 1. The van der Waals surface area contributed by atoms with E-state index in [1.807, 2.05) is 0 Å². The van der Waals surface area contributed by atoms with Gasteiger partial charge in [0.15, 0.2) is 17.6 Å². The van der Waals surface area contributed by atoms with Crippen LogP contribution in [0.1, 0.15) is 13.3 Å². The Bertz CT molecular complexity index is 340. The number of hydrogen-bond acceptors (Lipinski definition) is 5. The molecule has 1 heterocycles. The molecular formula is C8H8O6. The Labute approximate surface area is 78.8 Å². The molecule has 6 heteroatoms. The number of carboxylic acids is 1. The van der Waals surface area contributed by atoms with E-state index in [0.29, 0.717) is 0 Å². The molecule has 0 aromatic rings. The van der Waals surface area contributed by atoms with Crippen LogP contribution in [0.5, 0.6) is 0 Å². The van der Waals surface area contributed by atoms with Crippen molar-refractivity contribution in [2.24, 2.45) is 0 Å². The van der Waals surface area contributed by atoms with E-state index in [2.05, 4.69) is 4.74 Å². The summed E-state index contributed by atoms with van der Waals surface area (Å²) in [6.07, 6.45) is -1.78. The standard InChI is InChI=1S/C8H8O6/c1-3(9)6-7(12)4(2-5(10)11)14-8(6)13/h4,12H,2H2,1H3,(H,10,11). The molecule has 1 aliphatic rings. The van der Waals surface area contributed by atoms with Crippen LogP contribution in [0.3, 0.4) is 0 Å². The van der Waals surface area contributed by atoms with Gasteiger partial charge in [0.1, 0.15) is 5.57 Å². The monoisotopic (exact) mass is 200 g/mol. The minimum atomic E-state index is -1.24. The Morgan fingerprint density at radius 3 is 2.43 bits per heavy atom. The van der Waals surface area contributed by atoms with Gasteiger partial charge in [-0.25, -0.2) is 4.79 Å². The zero-order valence-corrected chi connectivity index (χ0v) is 7.31. The average Bonchev–Trinajstić information content (AvgIpc) is 2.25. The molecule has 0 radical (unpaired) electrons. The van der Waals surface area contributed by atoms with E-state index >= 15 is 0 Å². The van der Waals surface area contributed by atoms with Gasteiger partial charge in [-0.1, -0.05) is 0 Å². The molecule has 0 spiro atoms. The third kappa shape index (κ3) is 1.73. The molecule has 0 fully saturated rings. The van der Waals surface area contributed by atoms with Crippen LogP contribution in [-0.4, -0.2) is 34.0 Å². The highest BCUT2D eigenvalue weighted by Gasteiger charge is 2.37. The van der Waals surface area contributed by atoms with Crippen LogP contribution in [0.15, 0.2) is 11.3 Å². The number of cyclic esters (lactones) is 1. The van der Waals surface area contributed by atoms with Crippen molar-refractivity contribution in [2.45, 2.75) is 19.4 Å². The number of hydrogen-bond donors (Lipinski definition) is 2.